The number of nitrogens with zero attached hydrogens (tertiary/aromatic N) is 1. The highest BCUT2D eigenvalue weighted by Gasteiger charge is 2.19. The van der Waals surface area contributed by atoms with E-state index in [9.17, 15) is 14.7 Å². The van der Waals surface area contributed by atoms with Gasteiger partial charge >= 0.3 is 0 Å². The molecule has 0 aliphatic rings. The zero-order chi connectivity index (χ0) is 15.3. The number of carbonyl (C=O) groups excluding carboxylic acids is 2. The van der Waals surface area contributed by atoms with Crippen LogP contribution in [0.3, 0.4) is 0 Å². The molecule has 1 aromatic rings. The lowest BCUT2D eigenvalue weighted by Crippen LogP contribution is -2.44. The molecule has 110 valence electrons. The van der Waals surface area contributed by atoms with Crippen LogP contribution in [0, 0.1) is 0 Å². The molecule has 20 heavy (non-hydrogen) atoms. The summed E-state index contributed by atoms with van der Waals surface area (Å²) >= 11 is 3.29. The van der Waals surface area contributed by atoms with Gasteiger partial charge in [-0.1, -0.05) is 15.9 Å². The van der Waals surface area contributed by atoms with Crippen molar-refractivity contribution in [1.29, 1.82) is 0 Å². The van der Waals surface area contributed by atoms with Crippen LogP contribution >= 0.6 is 15.9 Å². The van der Waals surface area contributed by atoms with Crippen molar-refractivity contribution in [1.82, 2.24) is 10.2 Å². The molecule has 2 amide bonds. The number of hydrogen-bond donors (Lipinski definition) is 2. The molecule has 1 rings (SSSR count). The minimum Gasteiger partial charge on any atom is -0.389 e. The van der Waals surface area contributed by atoms with Gasteiger partial charge in [0.25, 0.3) is 5.91 Å². The molecule has 0 saturated heterocycles. The maximum Gasteiger partial charge on any atom is 0.251 e. The van der Waals surface area contributed by atoms with E-state index in [0.717, 1.165) is 4.47 Å². The number of aliphatic hydroxyl groups is 1. The van der Waals surface area contributed by atoms with Gasteiger partial charge in [0.05, 0.1) is 12.1 Å². The van der Waals surface area contributed by atoms with E-state index in [2.05, 4.69) is 21.2 Å². The molecule has 0 fully saturated rings. The number of rotatable bonds is 5. The summed E-state index contributed by atoms with van der Waals surface area (Å²) in [7, 11) is 1.59. The lowest BCUT2D eigenvalue weighted by molar-refractivity contribution is -0.131. The Kier molecular flexibility index (Phi) is 5.71. The fraction of sp³-hybridized carbons (Fsp3) is 0.429. The van der Waals surface area contributed by atoms with Crippen LogP contribution in [0.2, 0.25) is 0 Å². The van der Waals surface area contributed by atoms with Gasteiger partial charge in [-0.05, 0) is 38.1 Å². The summed E-state index contributed by atoms with van der Waals surface area (Å²) in [5.74, 6) is -0.555. The summed E-state index contributed by atoms with van der Waals surface area (Å²) in [4.78, 5) is 25.0. The Morgan fingerprint density at radius 2 is 1.85 bits per heavy atom. The van der Waals surface area contributed by atoms with Crippen molar-refractivity contribution in [3.63, 3.8) is 0 Å². The summed E-state index contributed by atoms with van der Waals surface area (Å²) < 4.78 is 0.884. The summed E-state index contributed by atoms with van der Waals surface area (Å²) in [6.45, 7) is 3.36. The Morgan fingerprint density at radius 1 is 1.30 bits per heavy atom. The van der Waals surface area contributed by atoms with Crippen molar-refractivity contribution in [2.24, 2.45) is 0 Å². The summed E-state index contributed by atoms with van der Waals surface area (Å²) in [5.41, 5.74) is -0.466. The monoisotopic (exact) mass is 342 g/mol. The number of benzene rings is 1. The van der Waals surface area contributed by atoms with Gasteiger partial charge in [0.2, 0.25) is 5.91 Å². The third kappa shape index (κ3) is 5.71. The number of halogens is 1. The van der Waals surface area contributed by atoms with Crippen molar-refractivity contribution >= 4 is 27.7 Å². The van der Waals surface area contributed by atoms with Crippen molar-refractivity contribution in [3.05, 3.63) is 34.3 Å². The standard InChI is InChI=1S/C14H19BrN2O3/c1-14(2,20)9-17(3)12(18)8-16-13(19)10-4-6-11(15)7-5-10/h4-7,20H,8-9H2,1-3H3,(H,16,19). The van der Waals surface area contributed by atoms with Gasteiger partial charge in [-0.25, -0.2) is 0 Å². The second-order valence-corrected chi connectivity index (χ2v) is 6.17. The molecule has 0 saturated carbocycles. The highest BCUT2D eigenvalue weighted by atomic mass is 79.9. The van der Waals surface area contributed by atoms with E-state index in [-0.39, 0.29) is 24.9 Å². The average molecular weight is 343 g/mol. The number of likely N-dealkylation sites (N-methyl/N-ethyl adjacent to an activating group) is 1. The van der Waals surface area contributed by atoms with Crippen molar-refractivity contribution in [2.75, 3.05) is 20.1 Å². The molecule has 0 spiro atoms. The van der Waals surface area contributed by atoms with Crippen LogP contribution in [-0.4, -0.2) is 47.6 Å². The second-order valence-electron chi connectivity index (χ2n) is 5.25. The van der Waals surface area contributed by atoms with Crippen molar-refractivity contribution < 1.29 is 14.7 Å². The normalized spacial score (nSPS) is 11.1. The van der Waals surface area contributed by atoms with E-state index in [4.69, 9.17) is 0 Å². The Hall–Kier alpha value is -1.40. The first-order valence-corrected chi connectivity index (χ1v) is 6.98. The number of hydrogen-bond acceptors (Lipinski definition) is 3. The van der Waals surface area contributed by atoms with Gasteiger partial charge in [0.1, 0.15) is 0 Å². The molecule has 1 aromatic carbocycles. The van der Waals surface area contributed by atoms with Crippen LogP contribution in [0.25, 0.3) is 0 Å². The molecule has 0 aliphatic carbocycles. The summed E-state index contributed by atoms with van der Waals surface area (Å²) in [6.07, 6.45) is 0. The van der Waals surface area contributed by atoms with Crippen LogP contribution < -0.4 is 5.32 Å². The van der Waals surface area contributed by atoms with E-state index in [0.29, 0.717) is 5.56 Å². The third-order valence-corrected chi connectivity index (χ3v) is 3.09. The first-order valence-electron chi connectivity index (χ1n) is 6.19. The molecule has 0 bridgehead atoms. The Bertz CT molecular complexity index is 480. The highest BCUT2D eigenvalue weighted by Crippen LogP contribution is 2.10. The Balaban J connectivity index is 2.48. The average Bonchev–Trinajstić information content (AvgIpc) is 2.34. The summed E-state index contributed by atoms with van der Waals surface area (Å²) in [5, 5.41) is 12.2. The minimum absolute atomic E-state index is 0.0958. The van der Waals surface area contributed by atoms with E-state index in [1.807, 2.05) is 0 Å². The number of nitrogens with one attached hydrogen (secondary N) is 1. The zero-order valence-electron chi connectivity index (χ0n) is 11.8. The van der Waals surface area contributed by atoms with E-state index >= 15 is 0 Å². The van der Waals surface area contributed by atoms with Crippen LogP contribution in [0.4, 0.5) is 0 Å². The van der Waals surface area contributed by atoms with Gasteiger partial charge < -0.3 is 15.3 Å². The maximum atomic E-state index is 11.8. The molecule has 0 heterocycles. The summed E-state index contributed by atoms with van der Waals surface area (Å²) in [6, 6.07) is 6.86. The Labute approximate surface area is 127 Å². The predicted octanol–water partition coefficient (Wildman–Crippen LogP) is 1.41. The quantitative estimate of drug-likeness (QED) is 0.849. The predicted molar refractivity (Wildman–Crippen MR) is 80.4 cm³/mol. The topological polar surface area (TPSA) is 69.6 Å². The fourth-order valence-corrected chi connectivity index (χ4v) is 1.93. The molecule has 2 N–H and O–H groups in total. The van der Waals surface area contributed by atoms with Gasteiger partial charge in [-0.3, -0.25) is 9.59 Å². The lowest BCUT2D eigenvalue weighted by Gasteiger charge is -2.25. The van der Waals surface area contributed by atoms with Gasteiger partial charge in [0, 0.05) is 23.6 Å². The highest BCUT2D eigenvalue weighted by molar-refractivity contribution is 9.10. The molecular weight excluding hydrogens is 324 g/mol. The van der Waals surface area contributed by atoms with Crippen LogP contribution in [0.5, 0.6) is 0 Å². The molecule has 0 aliphatic heterocycles. The van der Waals surface area contributed by atoms with Crippen LogP contribution in [0.15, 0.2) is 28.7 Å². The molecule has 0 radical (unpaired) electrons. The van der Waals surface area contributed by atoms with E-state index in [1.54, 1.807) is 45.2 Å². The van der Waals surface area contributed by atoms with Gasteiger partial charge in [-0.15, -0.1) is 0 Å². The van der Waals surface area contributed by atoms with Crippen LogP contribution in [-0.2, 0) is 4.79 Å². The fourth-order valence-electron chi connectivity index (χ4n) is 1.66. The first kappa shape index (κ1) is 16.7. The van der Waals surface area contributed by atoms with Gasteiger partial charge in [0.15, 0.2) is 0 Å². The molecule has 0 aromatic heterocycles. The van der Waals surface area contributed by atoms with E-state index in [1.165, 1.54) is 4.90 Å². The molecule has 0 atom stereocenters. The third-order valence-electron chi connectivity index (χ3n) is 2.56. The second kappa shape index (κ2) is 6.85. The molecule has 0 unspecified atom stereocenters. The smallest absolute Gasteiger partial charge is 0.251 e. The van der Waals surface area contributed by atoms with E-state index < -0.39 is 5.60 Å². The number of amides is 2. The van der Waals surface area contributed by atoms with Crippen molar-refractivity contribution in [2.45, 2.75) is 19.4 Å². The van der Waals surface area contributed by atoms with Gasteiger partial charge in [-0.2, -0.15) is 0 Å². The SMILES string of the molecule is CN(CC(C)(C)O)C(=O)CNC(=O)c1ccc(Br)cc1. The molecular formula is C14H19BrN2O3. The zero-order valence-corrected chi connectivity index (χ0v) is 13.4. The Morgan fingerprint density at radius 3 is 2.35 bits per heavy atom. The largest absolute Gasteiger partial charge is 0.389 e. The molecule has 5 nitrogen and oxygen atoms in total. The first-order chi connectivity index (χ1) is 9.19. The molecule has 6 heteroatoms. The minimum atomic E-state index is -0.958. The number of carbonyl (C=O) groups is 2. The van der Waals surface area contributed by atoms with Crippen molar-refractivity contribution in [3.8, 4) is 0 Å². The van der Waals surface area contributed by atoms with Crippen LogP contribution in [0.1, 0.15) is 24.2 Å². The maximum absolute atomic E-state index is 11.8. The lowest BCUT2D eigenvalue weighted by atomic mass is 10.1.